The van der Waals surface area contributed by atoms with Crippen molar-refractivity contribution in [1.29, 1.82) is 0 Å². The quantitative estimate of drug-likeness (QED) is 0.663. The van der Waals surface area contributed by atoms with Gasteiger partial charge < -0.3 is 10.1 Å². The zero-order chi connectivity index (χ0) is 20.2. The molecule has 3 aromatic rings. The lowest BCUT2D eigenvalue weighted by molar-refractivity contribution is -0.126. The Bertz CT molecular complexity index is 929. The lowest BCUT2D eigenvalue weighted by Crippen LogP contribution is -2.47. The third-order valence-corrected chi connectivity index (χ3v) is 6.94. The van der Waals surface area contributed by atoms with Crippen LogP contribution in [0.15, 0.2) is 48.5 Å². The Kier molecular flexibility index (Phi) is 6.11. The third kappa shape index (κ3) is 4.60. The Balaban J connectivity index is 1.28. The number of thiazole rings is 1. The molecule has 1 atom stereocenters. The number of amides is 1. The number of methoxy groups -OCH3 is 1. The van der Waals surface area contributed by atoms with Gasteiger partial charge in [0.15, 0.2) is 0 Å². The second-order valence-corrected chi connectivity index (χ2v) is 8.63. The summed E-state index contributed by atoms with van der Waals surface area (Å²) < 4.78 is 6.43. The van der Waals surface area contributed by atoms with Crippen LogP contribution in [0.4, 0.5) is 0 Å². The van der Waals surface area contributed by atoms with Gasteiger partial charge in [0, 0.05) is 12.5 Å². The van der Waals surface area contributed by atoms with Gasteiger partial charge in [-0.3, -0.25) is 9.69 Å². The molecule has 1 aliphatic rings. The summed E-state index contributed by atoms with van der Waals surface area (Å²) in [5.41, 5.74) is 2.17. The first-order valence-corrected chi connectivity index (χ1v) is 11.0. The van der Waals surface area contributed by atoms with Crippen LogP contribution in [-0.2, 0) is 11.3 Å². The number of hydrogen-bond donors (Lipinski definition) is 1. The van der Waals surface area contributed by atoms with Crippen LogP contribution in [0.5, 0.6) is 5.75 Å². The number of rotatable bonds is 6. The Morgan fingerprint density at radius 1 is 1.21 bits per heavy atom. The van der Waals surface area contributed by atoms with Gasteiger partial charge >= 0.3 is 0 Å². The number of aromatic nitrogens is 1. The van der Waals surface area contributed by atoms with Crippen LogP contribution >= 0.6 is 11.3 Å². The van der Waals surface area contributed by atoms with E-state index in [1.54, 1.807) is 7.11 Å². The van der Waals surface area contributed by atoms with Crippen molar-refractivity contribution < 1.29 is 9.53 Å². The predicted molar refractivity (Wildman–Crippen MR) is 117 cm³/mol. The zero-order valence-electron chi connectivity index (χ0n) is 16.9. The number of nitrogens with one attached hydrogen (secondary N) is 1. The molecule has 0 aliphatic carbocycles. The molecule has 1 aromatic heterocycles. The number of hydrogen-bond acceptors (Lipinski definition) is 5. The Morgan fingerprint density at radius 3 is 2.62 bits per heavy atom. The highest BCUT2D eigenvalue weighted by Crippen LogP contribution is 2.34. The molecule has 1 aliphatic heterocycles. The number of carbonyl (C=O) groups excluding carboxylic acids is 1. The van der Waals surface area contributed by atoms with Crippen LogP contribution in [0.2, 0.25) is 0 Å². The summed E-state index contributed by atoms with van der Waals surface area (Å²) in [6, 6.07) is 16.0. The number of fused-ring (bicyclic) bond motifs is 1. The van der Waals surface area contributed by atoms with Crippen molar-refractivity contribution in [3.63, 3.8) is 0 Å². The monoisotopic (exact) mass is 409 g/mol. The average Bonchev–Trinajstić information content (AvgIpc) is 3.22. The zero-order valence-corrected chi connectivity index (χ0v) is 17.7. The standard InChI is InChI=1S/C23H27N3O2S/c1-16(22(27)24-15-17-7-9-19(28-2)10-8-17)26-13-11-18(12-14-26)23-25-20-5-3-4-6-21(20)29-23/h3-10,16,18H,11-15H2,1-2H3,(H,24,27)/t16-/m0/s1. The largest absolute Gasteiger partial charge is 0.497 e. The van der Waals surface area contributed by atoms with Gasteiger partial charge in [-0.15, -0.1) is 11.3 Å². The molecule has 1 N–H and O–H groups in total. The van der Waals surface area contributed by atoms with Gasteiger partial charge in [-0.25, -0.2) is 4.98 Å². The average molecular weight is 410 g/mol. The van der Waals surface area contributed by atoms with Crippen LogP contribution in [-0.4, -0.2) is 42.0 Å². The molecular formula is C23H27N3O2S. The number of carbonyl (C=O) groups is 1. The molecule has 2 heterocycles. The highest BCUT2D eigenvalue weighted by molar-refractivity contribution is 7.18. The molecule has 29 heavy (non-hydrogen) atoms. The molecule has 2 aromatic carbocycles. The normalized spacial score (nSPS) is 16.6. The molecule has 0 spiro atoms. The van der Waals surface area contributed by atoms with Crippen molar-refractivity contribution >= 4 is 27.5 Å². The minimum atomic E-state index is -0.121. The summed E-state index contributed by atoms with van der Waals surface area (Å²) in [6.07, 6.45) is 2.10. The molecule has 4 rings (SSSR count). The first kappa shape index (κ1) is 19.9. The van der Waals surface area contributed by atoms with E-state index in [0.29, 0.717) is 12.5 Å². The lowest BCUT2D eigenvalue weighted by atomic mass is 9.96. The van der Waals surface area contributed by atoms with Gasteiger partial charge in [-0.05, 0) is 62.7 Å². The topological polar surface area (TPSA) is 54.5 Å². The molecule has 0 saturated carbocycles. The summed E-state index contributed by atoms with van der Waals surface area (Å²) in [6.45, 7) is 4.39. The summed E-state index contributed by atoms with van der Waals surface area (Å²) in [7, 11) is 1.65. The Labute approximate surface area is 175 Å². The summed E-state index contributed by atoms with van der Waals surface area (Å²) in [5.74, 6) is 1.40. The van der Waals surface area contributed by atoms with E-state index in [4.69, 9.17) is 9.72 Å². The summed E-state index contributed by atoms with van der Waals surface area (Å²) in [5, 5.41) is 4.30. The fourth-order valence-corrected chi connectivity index (χ4v) is 4.98. The second-order valence-electron chi connectivity index (χ2n) is 7.57. The number of likely N-dealkylation sites (tertiary alicyclic amines) is 1. The second kappa shape index (κ2) is 8.93. The minimum Gasteiger partial charge on any atom is -0.497 e. The van der Waals surface area contributed by atoms with E-state index >= 15 is 0 Å². The predicted octanol–water partition coefficient (Wildman–Crippen LogP) is 4.19. The molecule has 1 saturated heterocycles. The third-order valence-electron chi connectivity index (χ3n) is 5.74. The van der Waals surface area contributed by atoms with Crippen LogP contribution in [0, 0.1) is 0 Å². The highest BCUT2D eigenvalue weighted by atomic mass is 32.1. The van der Waals surface area contributed by atoms with E-state index in [1.807, 2.05) is 48.6 Å². The van der Waals surface area contributed by atoms with Crippen molar-refractivity contribution in [3.8, 4) is 5.75 Å². The van der Waals surface area contributed by atoms with E-state index in [0.717, 1.165) is 42.8 Å². The van der Waals surface area contributed by atoms with Crippen molar-refractivity contribution in [1.82, 2.24) is 15.2 Å². The maximum Gasteiger partial charge on any atom is 0.237 e. The van der Waals surface area contributed by atoms with E-state index in [-0.39, 0.29) is 11.9 Å². The van der Waals surface area contributed by atoms with Gasteiger partial charge in [0.25, 0.3) is 0 Å². The van der Waals surface area contributed by atoms with E-state index < -0.39 is 0 Å². The molecule has 6 heteroatoms. The van der Waals surface area contributed by atoms with Gasteiger partial charge in [-0.2, -0.15) is 0 Å². The molecule has 0 bridgehead atoms. The van der Waals surface area contributed by atoms with Gasteiger partial charge in [0.1, 0.15) is 5.75 Å². The maximum absolute atomic E-state index is 12.6. The molecule has 152 valence electrons. The minimum absolute atomic E-state index is 0.0826. The first-order valence-electron chi connectivity index (χ1n) is 10.1. The molecule has 0 unspecified atom stereocenters. The van der Waals surface area contributed by atoms with E-state index in [1.165, 1.54) is 9.71 Å². The fourth-order valence-electron chi connectivity index (χ4n) is 3.84. The number of benzene rings is 2. The van der Waals surface area contributed by atoms with Gasteiger partial charge in [0.2, 0.25) is 5.91 Å². The first-order chi connectivity index (χ1) is 14.1. The molecule has 1 amide bonds. The number of piperidine rings is 1. The van der Waals surface area contributed by atoms with E-state index in [2.05, 4.69) is 28.4 Å². The van der Waals surface area contributed by atoms with Crippen molar-refractivity contribution in [2.75, 3.05) is 20.2 Å². The molecule has 0 radical (unpaired) electrons. The Morgan fingerprint density at radius 2 is 1.93 bits per heavy atom. The van der Waals surface area contributed by atoms with E-state index in [9.17, 15) is 4.79 Å². The lowest BCUT2D eigenvalue weighted by Gasteiger charge is -2.34. The summed E-state index contributed by atoms with van der Waals surface area (Å²) in [4.78, 5) is 19.7. The number of nitrogens with zero attached hydrogens (tertiary/aromatic N) is 2. The SMILES string of the molecule is COc1ccc(CNC(=O)[C@H](C)N2CCC(c3nc4ccccc4s3)CC2)cc1. The van der Waals surface area contributed by atoms with Crippen LogP contribution < -0.4 is 10.1 Å². The van der Waals surface area contributed by atoms with Crippen molar-refractivity contribution in [2.45, 2.75) is 38.3 Å². The Hall–Kier alpha value is -2.44. The van der Waals surface area contributed by atoms with Crippen LogP contribution in [0.3, 0.4) is 0 Å². The number of para-hydroxylation sites is 1. The fraction of sp³-hybridized carbons (Fsp3) is 0.391. The van der Waals surface area contributed by atoms with Gasteiger partial charge in [-0.1, -0.05) is 24.3 Å². The summed E-state index contributed by atoms with van der Waals surface area (Å²) >= 11 is 1.81. The van der Waals surface area contributed by atoms with Gasteiger partial charge in [0.05, 0.1) is 28.4 Å². The molecule has 5 nitrogen and oxygen atoms in total. The van der Waals surface area contributed by atoms with Crippen LogP contribution in [0.25, 0.3) is 10.2 Å². The molecule has 1 fully saturated rings. The maximum atomic E-state index is 12.6. The van der Waals surface area contributed by atoms with Crippen molar-refractivity contribution in [3.05, 3.63) is 59.1 Å². The number of ether oxygens (including phenoxy) is 1. The highest BCUT2D eigenvalue weighted by Gasteiger charge is 2.28. The van der Waals surface area contributed by atoms with Crippen LogP contribution in [0.1, 0.15) is 36.3 Å². The van der Waals surface area contributed by atoms with Crippen molar-refractivity contribution in [2.24, 2.45) is 0 Å². The smallest absolute Gasteiger partial charge is 0.237 e. The molecular weight excluding hydrogens is 382 g/mol.